The van der Waals surface area contributed by atoms with E-state index in [1.54, 1.807) is 23.9 Å². The molecule has 2 N–H and O–H groups in total. The first-order valence-corrected chi connectivity index (χ1v) is 12.5. The van der Waals surface area contributed by atoms with E-state index < -0.39 is 17.9 Å². The van der Waals surface area contributed by atoms with Crippen molar-refractivity contribution in [3.63, 3.8) is 0 Å². The smallest absolute Gasteiger partial charge is 0.328 e. The number of imidazole rings is 1. The summed E-state index contributed by atoms with van der Waals surface area (Å²) in [6, 6.07) is 12.1. The number of nitrogens with zero attached hydrogens (tertiary/aromatic N) is 2. The van der Waals surface area contributed by atoms with Gasteiger partial charge in [0.1, 0.15) is 11.9 Å². The molecule has 0 saturated heterocycles. The summed E-state index contributed by atoms with van der Waals surface area (Å²) < 4.78 is 11.7. The lowest BCUT2D eigenvalue weighted by Gasteiger charge is -2.17. The number of hydrogen-bond donors (Lipinski definition) is 2. The number of hydrogen-bond acceptors (Lipinski definition) is 7. The molecular weight excluding hydrogens is 468 g/mol. The molecule has 3 aromatic rings. The molecule has 0 aliphatic carbocycles. The normalized spacial score (nSPS) is 11.8. The summed E-state index contributed by atoms with van der Waals surface area (Å²) in [5.74, 6) is 0.160. The number of amides is 2. The molecule has 1 atom stereocenters. The average Bonchev–Trinajstić information content (AvgIpc) is 3.21. The van der Waals surface area contributed by atoms with Crippen LogP contribution >= 0.6 is 11.8 Å². The van der Waals surface area contributed by atoms with Crippen LogP contribution < -0.4 is 10.6 Å². The van der Waals surface area contributed by atoms with Crippen LogP contribution in [0, 0.1) is 0 Å². The van der Waals surface area contributed by atoms with Crippen LogP contribution in [0.5, 0.6) is 0 Å². The molecule has 1 unspecified atom stereocenters. The number of benzene rings is 2. The van der Waals surface area contributed by atoms with Gasteiger partial charge < -0.3 is 24.7 Å². The molecule has 2 amide bonds. The number of esters is 1. The number of nitrogens with one attached hydrogen (secondary N) is 2. The number of methoxy groups -OCH3 is 2. The molecule has 10 heteroatoms. The van der Waals surface area contributed by atoms with Gasteiger partial charge in [0.2, 0.25) is 5.91 Å². The summed E-state index contributed by atoms with van der Waals surface area (Å²) in [5, 5.41) is 5.64. The molecule has 0 fully saturated rings. The number of anilines is 1. The van der Waals surface area contributed by atoms with Crippen LogP contribution in [0.3, 0.4) is 0 Å². The summed E-state index contributed by atoms with van der Waals surface area (Å²) in [6.07, 6.45) is 2.52. The minimum Gasteiger partial charge on any atom is -0.467 e. The maximum atomic E-state index is 13.2. The lowest BCUT2D eigenvalue weighted by atomic mass is 10.1. The first kappa shape index (κ1) is 26.2. The van der Waals surface area contributed by atoms with Crippen LogP contribution in [-0.2, 0) is 26.1 Å². The fraction of sp³-hybridized carbons (Fsp3) is 0.360. The monoisotopic (exact) mass is 498 g/mol. The number of carbonyl (C=O) groups is 3. The zero-order valence-electron chi connectivity index (χ0n) is 20.3. The van der Waals surface area contributed by atoms with E-state index in [-0.39, 0.29) is 24.5 Å². The van der Waals surface area contributed by atoms with Crippen molar-refractivity contribution in [3.8, 4) is 11.4 Å². The Bertz CT molecular complexity index is 1200. The number of aryl methyl sites for hydroxylation is 1. The summed E-state index contributed by atoms with van der Waals surface area (Å²) in [5.41, 5.74) is 2.84. The zero-order valence-corrected chi connectivity index (χ0v) is 21.1. The zero-order chi connectivity index (χ0) is 25.4. The van der Waals surface area contributed by atoms with E-state index in [9.17, 15) is 14.4 Å². The first-order chi connectivity index (χ1) is 16.9. The first-order valence-electron chi connectivity index (χ1n) is 11.1. The van der Waals surface area contributed by atoms with Crippen LogP contribution in [0.1, 0.15) is 23.2 Å². The molecule has 0 saturated carbocycles. The van der Waals surface area contributed by atoms with E-state index in [1.165, 1.54) is 14.2 Å². The van der Waals surface area contributed by atoms with Crippen molar-refractivity contribution in [1.82, 2.24) is 14.9 Å². The minimum atomic E-state index is -0.779. The minimum absolute atomic E-state index is 0.164. The number of thioether (sulfide) groups is 1. The third-order valence-electron chi connectivity index (χ3n) is 5.47. The second kappa shape index (κ2) is 12.4. The van der Waals surface area contributed by atoms with Crippen molar-refractivity contribution in [3.05, 3.63) is 48.0 Å². The molecule has 0 radical (unpaired) electrons. The Kier molecular flexibility index (Phi) is 9.27. The van der Waals surface area contributed by atoms with Crippen LogP contribution in [0.2, 0.25) is 0 Å². The number of fused-ring (bicyclic) bond motifs is 1. The molecule has 3 rings (SSSR count). The Morgan fingerprint density at radius 3 is 2.54 bits per heavy atom. The molecule has 1 heterocycles. The van der Waals surface area contributed by atoms with Crippen LogP contribution in [0.15, 0.2) is 42.5 Å². The van der Waals surface area contributed by atoms with Gasteiger partial charge in [-0.25, -0.2) is 9.78 Å². The summed E-state index contributed by atoms with van der Waals surface area (Å²) in [7, 11) is 4.68. The molecule has 1 aromatic heterocycles. The quantitative estimate of drug-likeness (QED) is 0.390. The standard InChI is InChI=1S/C25H30N4O5S/c1-29-22-19(26-21(30)10-12-33-2)14-17(24(31)28-18(11-13-35-4)25(32)34-3)15-20(22)27-23(29)16-8-6-5-7-9-16/h5-9,14-15,18H,10-13H2,1-4H3,(H,26,30)(H,28,31). The van der Waals surface area contributed by atoms with Gasteiger partial charge in [0.05, 0.1) is 36.9 Å². The lowest BCUT2D eigenvalue weighted by Crippen LogP contribution is -2.42. The highest BCUT2D eigenvalue weighted by atomic mass is 32.2. The van der Waals surface area contributed by atoms with Gasteiger partial charge in [-0.1, -0.05) is 30.3 Å². The molecule has 35 heavy (non-hydrogen) atoms. The van der Waals surface area contributed by atoms with E-state index in [0.717, 1.165) is 5.56 Å². The van der Waals surface area contributed by atoms with Crippen LogP contribution in [-0.4, -0.2) is 66.2 Å². The van der Waals surface area contributed by atoms with E-state index in [1.807, 2.05) is 48.2 Å². The predicted octanol–water partition coefficient (Wildman–Crippen LogP) is 3.24. The Balaban J connectivity index is 2.04. The Hall–Kier alpha value is -3.37. The van der Waals surface area contributed by atoms with Gasteiger partial charge in [-0.2, -0.15) is 11.8 Å². The number of rotatable bonds is 11. The van der Waals surface area contributed by atoms with Gasteiger partial charge in [-0.3, -0.25) is 9.59 Å². The SMILES string of the molecule is COCCC(=O)Nc1cc(C(=O)NC(CCSC)C(=O)OC)cc2nc(-c3ccccc3)n(C)c12. The van der Waals surface area contributed by atoms with E-state index in [4.69, 9.17) is 14.5 Å². The second-order valence-corrected chi connectivity index (χ2v) is 8.86. The fourth-order valence-electron chi connectivity index (χ4n) is 3.70. The number of ether oxygens (including phenoxy) is 2. The Labute approximate surface area is 208 Å². The lowest BCUT2D eigenvalue weighted by molar-refractivity contribution is -0.142. The third-order valence-corrected chi connectivity index (χ3v) is 6.12. The topological polar surface area (TPSA) is 112 Å². The highest BCUT2D eigenvalue weighted by Crippen LogP contribution is 2.30. The molecule has 9 nitrogen and oxygen atoms in total. The highest BCUT2D eigenvalue weighted by molar-refractivity contribution is 7.98. The maximum absolute atomic E-state index is 13.2. The van der Waals surface area contributed by atoms with Gasteiger partial charge >= 0.3 is 5.97 Å². The van der Waals surface area contributed by atoms with Gasteiger partial charge in [-0.15, -0.1) is 0 Å². The molecule has 0 spiro atoms. The van der Waals surface area contributed by atoms with Crippen molar-refractivity contribution in [2.75, 3.05) is 38.2 Å². The average molecular weight is 499 g/mol. The van der Waals surface area contributed by atoms with Crippen molar-refractivity contribution >= 4 is 46.3 Å². The van der Waals surface area contributed by atoms with Crippen molar-refractivity contribution in [2.24, 2.45) is 7.05 Å². The molecule has 0 aliphatic rings. The summed E-state index contributed by atoms with van der Waals surface area (Å²) in [6.45, 7) is 0.270. The van der Waals surface area contributed by atoms with Gasteiger partial charge in [0, 0.05) is 25.3 Å². The number of aromatic nitrogens is 2. The fourth-order valence-corrected chi connectivity index (χ4v) is 4.17. The van der Waals surface area contributed by atoms with Gasteiger partial charge in [-0.05, 0) is 30.6 Å². The van der Waals surface area contributed by atoms with Gasteiger partial charge in [0.15, 0.2) is 0 Å². The Morgan fingerprint density at radius 2 is 1.89 bits per heavy atom. The van der Waals surface area contributed by atoms with Crippen LogP contribution in [0.25, 0.3) is 22.4 Å². The maximum Gasteiger partial charge on any atom is 0.328 e. The Morgan fingerprint density at radius 1 is 1.14 bits per heavy atom. The molecule has 0 aliphatic heterocycles. The molecule has 186 valence electrons. The van der Waals surface area contributed by atoms with E-state index >= 15 is 0 Å². The van der Waals surface area contributed by atoms with Gasteiger partial charge in [0.25, 0.3) is 5.91 Å². The summed E-state index contributed by atoms with van der Waals surface area (Å²) >= 11 is 1.57. The van der Waals surface area contributed by atoms with Crippen molar-refractivity contribution in [1.29, 1.82) is 0 Å². The molecular formula is C25H30N4O5S. The second-order valence-electron chi connectivity index (χ2n) is 7.87. The van der Waals surface area contributed by atoms with E-state index in [2.05, 4.69) is 10.6 Å². The molecule has 0 bridgehead atoms. The largest absolute Gasteiger partial charge is 0.467 e. The molecule has 2 aromatic carbocycles. The van der Waals surface area contributed by atoms with Crippen molar-refractivity contribution in [2.45, 2.75) is 18.9 Å². The van der Waals surface area contributed by atoms with E-state index in [0.29, 0.717) is 34.7 Å². The predicted molar refractivity (Wildman–Crippen MR) is 138 cm³/mol. The third kappa shape index (κ3) is 6.40. The number of carbonyl (C=O) groups excluding carboxylic acids is 3. The van der Waals surface area contributed by atoms with Crippen molar-refractivity contribution < 1.29 is 23.9 Å². The summed E-state index contributed by atoms with van der Waals surface area (Å²) in [4.78, 5) is 42.6. The van der Waals surface area contributed by atoms with Crippen LogP contribution in [0.4, 0.5) is 5.69 Å². The highest BCUT2D eigenvalue weighted by Gasteiger charge is 2.24.